The van der Waals surface area contributed by atoms with Crippen LogP contribution in [0.15, 0.2) is 189 Å². The molecule has 0 bridgehead atoms. The van der Waals surface area contributed by atoms with E-state index in [0.717, 1.165) is 5.95 Å². The number of benzene rings is 6. The Balaban J connectivity index is 0.000000532. The van der Waals surface area contributed by atoms with Gasteiger partial charge >= 0.3 is 5.95 Å². The zero-order chi connectivity index (χ0) is 61.4. The van der Waals surface area contributed by atoms with Crippen molar-refractivity contribution in [2.45, 2.75) is 151 Å². The summed E-state index contributed by atoms with van der Waals surface area (Å²) in [5, 5.41) is 5.20. The van der Waals surface area contributed by atoms with E-state index in [1.807, 2.05) is 125 Å². The Morgan fingerprint density at radius 1 is 0.358 bits per heavy atom. The first-order valence-corrected chi connectivity index (χ1v) is 30.8. The molecular weight excluding hydrogens is 985 g/mol. The highest BCUT2D eigenvalue weighted by Gasteiger charge is 2.35. The number of nitrogens with zero attached hydrogens (tertiary/aromatic N) is 6. The fourth-order valence-electron chi connectivity index (χ4n) is 10.0. The SMILES string of the molecule is CC.CC.CC.CC.CC.CC.CC.CC.CC.Cc1cccc2c1C(c1cccc[n+]1C)c1ccccc1-2.Cc1cccc2c3ccccc3n(-c3n(C)cc[n+]3C)c12.Cc1ccccc1-n1c2ccccc2c2ccc[n+](C)c21. The summed E-state index contributed by atoms with van der Waals surface area (Å²) >= 11 is 0. The molecule has 0 saturated carbocycles. The quantitative estimate of drug-likeness (QED) is 0.158. The van der Waals surface area contributed by atoms with Crippen LogP contribution in [0.2, 0.25) is 0 Å². The lowest BCUT2D eigenvalue weighted by molar-refractivity contribution is -0.679. The first kappa shape index (κ1) is 71.4. The molecule has 6 heteroatoms. The van der Waals surface area contributed by atoms with Crippen molar-refractivity contribution in [3.63, 3.8) is 0 Å². The number of hydrogen-bond donors (Lipinski definition) is 0. The van der Waals surface area contributed by atoms with E-state index < -0.39 is 0 Å². The minimum absolute atomic E-state index is 0.337. The van der Waals surface area contributed by atoms with E-state index in [1.54, 1.807) is 0 Å². The Labute approximate surface area is 493 Å². The summed E-state index contributed by atoms with van der Waals surface area (Å²) < 4.78 is 13.5. The van der Waals surface area contributed by atoms with Crippen LogP contribution in [0, 0.1) is 20.8 Å². The number of pyridine rings is 2. The van der Waals surface area contributed by atoms with Gasteiger partial charge in [0.1, 0.15) is 29.3 Å². The van der Waals surface area contributed by atoms with Crippen LogP contribution in [-0.2, 0) is 28.2 Å². The molecule has 12 rings (SSSR count). The smallest absolute Gasteiger partial charge is 0.237 e. The lowest BCUT2D eigenvalue weighted by Crippen LogP contribution is -2.34. The Morgan fingerprint density at radius 2 is 0.815 bits per heavy atom. The second-order valence-electron chi connectivity index (χ2n) is 16.9. The highest BCUT2D eigenvalue weighted by Crippen LogP contribution is 2.48. The summed E-state index contributed by atoms with van der Waals surface area (Å²) in [6.07, 6.45) is 8.42. The van der Waals surface area contributed by atoms with Gasteiger partial charge in [0.2, 0.25) is 0 Å². The van der Waals surface area contributed by atoms with E-state index in [0.29, 0.717) is 5.92 Å². The molecule has 11 aromatic rings. The molecule has 0 radical (unpaired) electrons. The van der Waals surface area contributed by atoms with Gasteiger partial charge in [-0.05, 0) is 96.1 Å². The fraction of sp³-hybridized carbons (Fsp3) is 0.347. The Kier molecular flexibility index (Phi) is 33.6. The molecule has 0 spiro atoms. The van der Waals surface area contributed by atoms with Gasteiger partial charge in [-0.15, -0.1) is 0 Å². The van der Waals surface area contributed by atoms with Gasteiger partial charge in [-0.2, -0.15) is 9.13 Å². The zero-order valence-corrected chi connectivity index (χ0v) is 55.2. The summed E-state index contributed by atoms with van der Waals surface area (Å²) in [7, 11) is 8.42. The van der Waals surface area contributed by atoms with Crippen molar-refractivity contribution >= 4 is 43.7 Å². The highest BCUT2D eigenvalue weighted by molar-refractivity contribution is 6.10. The molecule has 434 valence electrons. The van der Waals surface area contributed by atoms with Crippen LogP contribution in [0.1, 0.15) is 164 Å². The summed E-state index contributed by atoms with van der Waals surface area (Å²) in [6.45, 7) is 42.6. The van der Waals surface area contributed by atoms with Crippen LogP contribution >= 0.6 is 0 Å². The van der Waals surface area contributed by atoms with Crippen molar-refractivity contribution in [2.75, 3.05) is 0 Å². The Hall–Kier alpha value is -7.57. The molecule has 0 aliphatic heterocycles. The van der Waals surface area contributed by atoms with Gasteiger partial charge in [0.05, 0.1) is 51.0 Å². The van der Waals surface area contributed by atoms with Crippen molar-refractivity contribution in [1.29, 1.82) is 0 Å². The first-order chi connectivity index (χ1) is 39.7. The third-order valence-corrected chi connectivity index (χ3v) is 13.0. The Bertz CT molecular complexity index is 3490. The largest absolute Gasteiger partial charge is 0.369 e. The van der Waals surface area contributed by atoms with Crippen molar-refractivity contribution in [3.05, 3.63) is 222 Å². The van der Waals surface area contributed by atoms with Gasteiger partial charge in [0, 0.05) is 28.3 Å². The predicted molar refractivity (Wildman–Crippen MR) is 360 cm³/mol. The number of fused-ring (bicyclic) bond motifs is 9. The molecular formula is C75H107N6+3. The molecule has 0 fully saturated rings. The first-order valence-electron chi connectivity index (χ1n) is 30.8. The molecule has 1 unspecified atom stereocenters. The molecule has 0 N–H and O–H groups in total. The Morgan fingerprint density at radius 3 is 1.41 bits per heavy atom. The molecule has 0 amide bonds. The minimum Gasteiger partial charge on any atom is -0.237 e. The summed E-state index contributed by atoms with van der Waals surface area (Å²) in [5.74, 6) is 1.50. The second-order valence-corrected chi connectivity index (χ2v) is 16.9. The normalized spacial score (nSPS) is 10.7. The molecule has 6 aromatic carbocycles. The number of imidazole rings is 1. The predicted octanol–water partition coefficient (Wildman–Crippen LogP) is 20.4. The highest BCUT2D eigenvalue weighted by atomic mass is 15.3. The molecule has 1 atom stereocenters. The maximum atomic E-state index is 2.36. The molecule has 0 saturated heterocycles. The van der Waals surface area contributed by atoms with Crippen LogP contribution in [0.25, 0.3) is 66.5 Å². The minimum atomic E-state index is 0.337. The summed E-state index contributed by atoms with van der Waals surface area (Å²) in [5.41, 5.74) is 17.2. The van der Waals surface area contributed by atoms with E-state index in [-0.39, 0.29) is 0 Å². The molecule has 81 heavy (non-hydrogen) atoms. The maximum Gasteiger partial charge on any atom is 0.369 e. The molecule has 5 aromatic heterocycles. The molecule has 1 aliphatic carbocycles. The number of hydrogen-bond acceptors (Lipinski definition) is 0. The fourth-order valence-corrected chi connectivity index (χ4v) is 10.0. The van der Waals surface area contributed by atoms with Crippen LogP contribution in [-0.4, -0.2) is 13.7 Å². The third kappa shape index (κ3) is 15.9. The standard InChI is InChI=1S/C20H18N.C19H17N2.C18H18N3.9C2H6/c1-14-8-7-11-16-15-9-3-4-10-17(15)20(19(14)16)18-12-5-6-13-21(18)2;1-14-8-3-5-11-17(14)21-18-12-6-4-9-15(18)16-10-7-13-20(2)19(16)21;1-13-7-6-9-15-14-8-4-5-10-16(14)21(17(13)15)18-19(2)11-12-20(18)3;9*1-2/h3-13,20H,1-2H3;3-13H,1-2H3;4-12H,1-3H3;9*1-2H3/q3*+1;;;;;;;;;. The monoisotopic (exact) mass is 1090 g/mol. The van der Waals surface area contributed by atoms with E-state index in [9.17, 15) is 0 Å². The maximum absolute atomic E-state index is 2.36. The van der Waals surface area contributed by atoms with E-state index in [1.165, 1.54) is 94.1 Å². The van der Waals surface area contributed by atoms with Crippen molar-refractivity contribution in [3.8, 4) is 22.8 Å². The lowest BCUT2D eigenvalue weighted by atomic mass is 9.90. The third-order valence-electron chi connectivity index (χ3n) is 13.0. The van der Waals surface area contributed by atoms with Gasteiger partial charge < -0.3 is 0 Å². The number of para-hydroxylation sites is 4. The van der Waals surface area contributed by atoms with Gasteiger partial charge in [-0.3, -0.25) is 0 Å². The summed E-state index contributed by atoms with van der Waals surface area (Å²) in [4.78, 5) is 0. The van der Waals surface area contributed by atoms with Crippen LogP contribution in [0.3, 0.4) is 0 Å². The van der Waals surface area contributed by atoms with Gasteiger partial charge in [0.25, 0.3) is 5.65 Å². The second kappa shape index (κ2) is 38.1. The van der Waals surface area contributed by atoms with Crippen molar-refractivity contribution in [2.24, 2.45) is 28.2 Å². The topological polar surface area (TPSA) is 26.4 Å². The average Bonchev–Trinajstić information content (AvgIpc) is 4.48. The molecule has 6 nitrogen and oxygen atoms in total. The van der Waals surface area contributed by atoms with Crippen molar-refractivity contribution in [1.82, 2.24) is 13.7 Å². The van der Waals surface area contributed by atoms with Gasteiger partial charge in [-0.1, -0.05) is 240 Å². The number of aromatic nitrogens is 6. The van der Waals surface area contributed by atoms with Gasteiger partial charge in [0.15, 0.2) is 11.9 Å². The number of rotatable bonds is 3. The summed E-state index contributed by atoms with van der Waals surface area (Å²) in [6, 6.07) is 58.5. The van der Waals surface area contributed by atoms with E-state index in [2.05, 4.69) is 265 Å². The van der Waals surface area contributed by atoms with E-state index >= 15 is 0 Å². The van der Waals surface area contributed by atoms with Crippen LogP contribution in [0.5, 0.6) is 0 Å². The van der Waals surface area contributed by atoms with Crippen molar-refractivity contribution < 1.29 is 13.7 Å². The molecule has 1 aliphatic rings. The molecule has 5 heterocycles. The number of aryl methyl sites for hydroxylation is 7. The van der Waals surface area contributed by atoms with Crippen LogP contribution in [0.4, 0.5) is 0 Å². The van der Waals surface area contributed by atoms with Crippen LogP contribution < -0.4 is 13.7 Å². The lowest BCUT2D eigenvalue weighted by Gasteiger charge is -2.13. The zero-order valence-electron chi connectivity index (χ0n) is 55.2. The average molecular weight is 1090 g/mol. The van der Waals surface area contributed by atoms with Gasteiger partial charge in [-0.25, -0.2) is 18.3 Å². The van der Waals surface area contributed by atoms with E-state index in [4.69, 9.17) is 0 Å².